The van der Waals surface area contributed by atoms with Gasteiger partial charge in [-0.05, 0) is 36.0 Å². The van der Waals surface area contributed by atoms with Crippen molar-refractivity contribution >= 4 is 11.9 Å². The lowest BCUT2D eigenvalue weighted by Gasteiger charge is -2.39. The van der Waals surface area contributed by atoms with E-state index in [1.807, 2.05) is 11.0 Å². The number of ether oxygens (including phenoxy) is 1. The summed E-state index contributed by atoms with van der Waals surface area (Å²) in [5, 5.41) is 3.38. The van der Waals surface area contributed by atoms with Crippen LogP contribution in [0.15, 0.2) is 23.2 Å². The molecule has 0 radical (unpaired) electrons. The topological polar surface area (TPSA) is 60.4 Å². The van der Waals surface area contributed by atoms with Crippen LogP contribution in [0.3, 0.4) is 0 Å². The number of halogens is 1. The van der Waals surface area contributed by atoms with Gasteiger partial charge in [-0.2, -0.15) is 0 Å². The summed E-state index contributed by atoms with van der Waals surface area (Å²) in [5.74, 6) is 2.00. The number of hydrogen-bond donors (Lipinski definition) is 1. The van der Waals surface area contributed by atoms with E-state index in [0.717, 1.165) is 50.8 Å². The Hall–Kier alpha value is -2.19. The van der Waals surface area contributed by atoms with Gasteiger partial charge >= 0.3 is 0 Å². The Morgan fingerprint density at radius 2 is 1.84 bits per heavy atom. The Kier molecular flexibility index (Phi) is 8.87. The minimum atomic E-state index is -0.251. The van der Waals surface area contributed by atoms with E-state index in [0.29, 0.717) is 30.5 Å². The highest BCUT2D eigenvalue weighted by Gasteiger charge is 2.28. The van der Waals surface area contributed by atoms with Gasteiger partial charge in [0.05, 0.1) is 13.2 Å². The van der Waals surface area contributed by atoms with Gasteiger partial charge in [0.2, 0.25) is 5.91 Å². The molecule has 7 nitrogen and oxygen atoms in total. The molecule has 2 atom stereocenters. The second kappa shape index (κ2) is 11.6. The van der Waals surface area contributed by atoms with E-state index in [2.05, 4.69) is 34.0 Å². The molecule has 2 unspecified atom stereocenters. The molecule has 2 aliphatic rings. The minimum absolute atomic E-state index is 0.251. The summed E-state index contributed by atoms with van der Waals surface area (Å²) in [4.78, 5) is 23.7. The Morgan fingerprint density at radius 1 is 1.16 bits per heavy atom. The number of amides is 1. The lowest BCUT2D eigenvalue weighted by Crippen LogP contribution is -2.55. The molecule has 8 heteroatoms. The molecule has 0 bridgehead atoms. The van der Waals surface area contributed by atoms with Gasteiger partial charge in [0.25, 0.3) is 0 Å². The first kappa shape index (κ1) is 24.5. The standard InChI is InChI=1S/C24H38FN5O2/c1-18-11-19(2)15-30(14-18)23(31)16-28-7-9-29(10-8-28)24(26-3)27-13-20-5-6-22(25)21(12-20)17-32-4/h5-6,12,18-19H,7-11,13-17H2,1-4H3,(H,26,27). The summed E-state index contributed by atoms with van der Waals surface area (Å²) in [6.07, 6.45) is 1.21. The first-order valence-corrected chi connectivity index (χ1v) is 11.6. The largest absolute Gasteiger partial charge is 0.380 e. The number of piperazine rings is 1. The van der Waals surface area contributed by atoms with Gasteiger partial charge in [0.15, 0.2) is 5.96 Å². The van der Waals surface area contributed by atoms with Crippen molar-refractivity contribution in [1.29, 1.82) is 0 Å². The van der Waals surface area contributed by atoms with Crippen molar-refractivity contribution in [3.05, 3.63) is 35.1 Å². The number of guanidine groups is 1. The summed E-state index contributed by atoms with van der Waals surface area (Å²) >= 11 is 0. The molecule has 2 heterocycles. The fraction of sp³-hybridized carbons (Fsp3) is 0.667. The third kappa shape index (κ3) is 6.65. The van der Waals surface area contributed by atoms with Gasteiger partial charge in [-0.1, -0.05) is 19.9 Å². The molecule has 0 aromatic heterocycles. The zero-order valence-corrected chi connectivity index (χ0v) is 19.9. The number of carbonyl (C=O) groups excluding carboxylic acids is 1. The number of nitrogens with one attached hydrogen (secondary N) is 1. The van der Waals surface area contributed by atoms with Crippen LogP contribution in [0.2, 0.25) is 0 Å². The second-order valence-electron chi connectivity index (χ2n) is 9.27. The molecular formula is C24H38FN5O2. The van der Waals surface area contributed by atoms with E-state index in [9.17, 15) is 9.18 Å². The van der Waals surface area contributed by atoms with E-state index >= 15 is 0 Å². The molecule has 0 saturated carbocycles. The molecule has 178 valence electrons. The number of nitrogens with zero attached hydrogens (tertiary/aromatic N) is 4. The van der Waals surface area contributed by atoms with E-state index < -0.39 is 0 Å². The Bertz CT molecular complexity index is 785. The van der Waals surface area contributed by atoms with Crippen molar-refractivity contribution in [2.45, 2.75) is 33.4 Å². The minimum Gasteiger partial charge on any atom is -0.380 e. The van der Waals surface area contributed by atoms with Crippen LogP contribution in [0.1, 0.15) is 31.4 Å². The van der Waals surface area contributed by atoms with E-state index in [1.54, 1.807) is 20.2 Å². The van der Waals surface area contributed by atoms with Crippen molar-refractivity contribution in [2.24, 2.45) is 16.8 Å². The van der Waals surface area contributed by atoms with Crippen LogP contribution in [0.4, 0.5) is 4.39 Å². The summed E-state index contributed by atoms with van der Waals surface area (Å²) in [7, 11) is 3.34. The first-order chi connectivity index (χ1) is 15.4. The van der Waals surface area contributed by atoms with E-state index in [4.69, 9.17) is 4.74 Å². The van der Waals surface area contributed by atoms with Crippen LogP contribution in [-0.4, -0.2) is 86.5 Å². The van der Waals surface area contributed by atoms with Crippen LogP contribution < -0.4 is 5.32 Å². The lowest BCUT2D eigenvalue weighted by molar-refractivity contribution is -0.135. The third-order valence-electron chi connectivity index (χ3n) is 6.32. The van der Waals surface area contributed by atoms with Crippen LogP contribution in [0.25, 0.3) is 0 Å². The maximum Gasteiger partial charge on any atom is 0.236 e. The van der Waals surface area contributed by atoms with E-state index in [-0.39, 0.29) is 18.3 Å². The summed E-state index contributed by atoms with van der Waals surface area (Å²) in [6, 6.07) is 5.08. The van der Waals surface area contributed by atoms with Gasteiger partial charge < -0.3 is 19.9 Å². The molecule has 2 aliphatic heterocycles. The zero-order chi connectivity index (χ0) is 23.1. The van der Waals surface area contributed by atoms with Crippen LogP contribution >= 0.6 is 0 Å². The predicted octanol–water partition coefficient (Wildman–Crippen LogP) is 2.17. The number of rotatable bonds is 6. The number of hydrogen-bond acceptors (Lipinski definition) is 4. The summed E-state index contributed by atoms with van der Waals surface area (Å²) in [6.45, 7) is 10.9. The predicted molar refractivity (Wildman–Crippen MR) is 125 cm³/mol. The van der Waals surface area contributed by atoms with Crippen molar-refractivity contribution in [2.75, 3.05) is 60.0 Å². The van der Waals surface area contributed by atoms with Crippen molar-refractivity contribution in [3.8, 4) is 0 Å². The highest BCUT2D eigenvalue weighted by atomic mass is 19.1. The molecule has 32 heavy (non-hydrogen) atoms. The van der Waals surface area contributed by atoms with Crippen LogP contribution in [0, 0.1) is 17.7 Å². The maximum absolute atomic E-state index is 13.8. The van der Waals surface area contributed by atoms with Crippen molar-refractivity contribution < 1.29 is 13.9 Å². The lowest BCUT2D eigenvalue weighted by atomic mass is 9.92. The summed E-state index contributed by atoms with van der Waals surface area (Å²) in [5.41, 5.74) is 1.53. The molecule has 0 spiro atoms. The van der Waals surface area contributed by atoms with Gasteiger partial charge in [0, 0.05) is 65.5 Å². The number of benzene rings is 1. The SMILES string of the molecule is CN=C(NCc1ccc(F)c(COC)c1)N1CCN(CC(=O)N2CC(C)CC(C)C2)CC1. The Balaban J connectivity index is 1.46. The van der Waals surface area contributed by atoms with E-state index in [1.165, 1.54) is 12.5 Å². The number of likely N-dealkylation sites (tertiary alicyclic amines) is 1. The number of carbonyl (C=O) groups is 1. The molecule has 2 saturated heterocycles. The maximum atomic E-state index is 13.8. The molecule has 1 amide bonds. The average Bonchev–Trinajstić information content (AvgIpc) is 2.77. The van der Waals surface area contributed by atoms with Gasteiger partial charge in [0.1, 0.15) is 5.82 Å². The average molecular weight is 448 g/mol. The highest BCUT2D eigenvalue weighted by Crippen LogP contribution is 2.21. The smallest absolute Gasteiger partial charge is 0.236 e. The first-order valence-electron chi connectivity index (χ1n) is 11.6. The molecule has 1 aromatic rings. The number of aliphatic imine (C=N–C) groups is 1. The Labute approximate surface area is 191 Å². The number of piperidine rings is 1. The van der Waals surface area contributed by atoms with Crippen LogP contribution in [-0.2, 0) is 22.7 Å². The molecule has 3 rings (SSSR count). The number of methoxy groups -OCH3 is 1. The van der Waals surface area contributed by atoms with Crippen molar-refractivity contribution in [1.82, 2.24) is 20.0 Å². The van der Waals surface area contributed by atoms with Crippen LogP contribution in [0.5, 0.6) is 0 Å². The Morgan fingerprint density at radius 3 is 2.47 bits per heavy atom. The van der Waals surface area contributed by atoms with Gasteiger partial charge in [-0.3, -0.25) is 14.7 Å². The monoisotopic (exact) mass is 447 g/mol. The third-order valence-corrected chi connectivity index (χ3v) is 6.32. The van der Waals surface area contributed by atoms with Gasteiger partial charge in [-0.25, -0.2) is 4.39 Å². The molecular weight excluding hydrogens is 409 g/mol. The second-order valence-corrected chi connectivity index (χ2v) is 9.27. The quantitative estimate of drug-likeness (QED) is 0.535. The van der Waals surface area contributed by atoms with Crippen molar-refractivity contribution in [3.63, 3.8) is 0 Å². The fourth-order valence-corrected chi connectivity index (χ4v) is 4.79. The molecule has 2 fully saturated rings. The highest BCUT2D eigenvalue weighted by molar-refractivity contribution is 5.80. The normalized spacial score (nSPS) is 22.8. The molecule has 1 aromatic carbocycles. The molecule has 0 aliphatic carbocycles. The summed E-state index contributed by atoms with van der Waals surface area (Å²) < 4.78 is 18.9. The van der Waals surface area contributed by atoms with Gasteiger partial charge in [-0.15, -0.1) is 0 Å². The molecule has 1 N–H and O–H groups in total. The zero-order valence-electron chi connectivity index (χ0n) is 19.9. The fourth-order valence-electron chi connectivity index (χ4n) is 4.79.